The van der Waals surface area contributed by atoms with Crippen LogP contribution in [-0.4, -0.2) is 37.7 Å². The summed E-state index contributed by atoms with van der Waals surface area (Å²) in [7, 11) is 1.76. The van der Waals surface area contributed by atoms with Crippen LogP contribution in [0.4, 0.5) is 0 Å². The molecule has 0 radical (unpaired) electrons. The van der Waals surface area contributed by atoms with Gasteiger partial charge in [-0.25, -0.2) is 0 Å². The second kappa shape index (κ2) is 6.92. The molecule has 2 rings (SSSR count). The fraction of sp³-hybridized carbons (Fsp3) is 0.625. The van der Waals surface area contributed by atoms with Crippen molar-refractivity contribution in [2.24, 2.45) is 5.73 Å². The molecule has 0 saturated carbocycles. The average Bonchev–Trinajstić information content (AvgIpc) is 2.45. The zero-order valence-corrected chi connectivity index (χ0v) is 12.2. The van der Waals surface area contributed by atoms with Crippen LogP contribution in [0.1, 0.15) is 30.9 Å². The molecule has 1 atom stereocenters. The normalized spacial score (nSPS) is 18.4. The van der Waals surface area contributed by atoms with Gasteiger partial charge in [-0.05, 0) is 49.4 Å². The Hall–Kier alpha value is -1.06. The monoisotopic (exact) mass is 262 g/mol. The highest BCUT2D eigenvalue weighted by atomic mass is 16.5. The molecule has 3 heteroatoms. The third kappa shape index (κ3) is 3.28. The van der Waals surface area contributed by atoms with Crippen molar-refractivity contribution in [1.82, 2.24) is 4.90 Å². The molecular weight excluding hydrogens is 236 g/mol. The van der Waals surface area contributed by atoms with E-state index >= 15 is 0 Å². The molecule has 0 heterocycles. The molecule has 0 spiro atoms. The maximum Gasteiger partial charge on any atom is 0.122 e. The largest absolute Gasteiger partial charge is 0.496 e. The zero-order chi connectivity index (χ0) is 13.7. The number of fused-ring (bicyclic) bond motifs is 1. The predicted octanol–water partition coefficient (Wildman–Crippen LogP) is 2.22. The molecular formula is C16H26N2O. The Bertz CT molecular complexity index is 400. The van der Waals surface area contributed by atoms with Gasteiger partial charge in [0.25, 0.3) is 0 Å². The molecule has 19 heavy (non-hydrogen) atoms. The summed E-state index contributed by atoms with van der Waals surface area (Å²) in [5.74, 6) is 1.05. The van der Waals surface area contributed by atoms with Gasteiger partial charge >= 0.3 is 0 Å². The molecule has 3 nitrogen and oxygen atoms in total. The van der Waals surface area contributed by atoms with Gasteiger partial charge in [0, 0.05) is 19.1 Å². The summed E-state index contributed by atoms with van der Waals surface area (Å²) in [6, 6.07) is 7.06. The Morgan fingerprint density at radius 1 is 1.37 bits per heavy atom. The fourth-order valence-corrected chi connectivity index (χ4v) is 3.19. The minimum absolute atomic E-state index is 0.642. The topological polar surface area (TPSA) is 38.5 Å². The maximum absolute atomic E-state index is 5.74. The van der Waals surface area contributed by atoms with E-state index in [1.54, 1.807) is 7.11 Å². The van der Waals surface area contributed by atoms with Gasteiger partial charge in [-0.15, -0.1) is 0 Å². The summed E-state index contributed by atoms with van der Waals surface area (Å²) in [5, 5.41) is 0. The summed E-state index contributed by atoms with van der Waals surface area (Å²) >= 11 is 0. The van der Waals surface area contributed by atoms with E-state index in [0.717, 1.165) is 38.2 Å². The standard InChI is InChI=1S/C16H26N2O/c1-3-10-18(11-9-17)14-7-8-15-13(12-14)5-4-6-16(15)19-2/h4-6,14H,3,7-12,17H2,1-2H3. The van der Waals surface area contributed by atoms with Crippen molar-refractivity contribution < 1.29 is 4.74 Å². The molecule has 1 aromatic carbocycles. The van der Waals surface area contributed by atoms with Crippen LogP contribution in [0.2, 0.25) is 0 Å². The number of nitrogens with two attached hydrogens (primary N) is 1. The van der Waals surface area contributed by atoms with E-state index < -0.39 is 0 Å². The van der Waals surface area contributed by atoms with E-state index in [2.05, 4.69) is 30.0 Å². The highest BCUT2D eigenvalue weighted by Gasteiger charge is 2.25. The molecule has 1 unspecified atom stereocenters. The number of rotatable bonds is 6. The number of hydrogen-bond acceptors (Lipinski definition) is 3. The maximum atomic E-state index is 5.74. The van der Waals surface area contributed by atoms with E-state index in [4.69, 9.17) is 10.5 Å². The Morgan fingerprint density at radius 2 is 2.21 bits per heavy atom. The molecule has 0 fully saturated rings. The van der Waals surface area contributed by atoms with Crippen molar-refractivity contribution in [1.29, 1.82) is 0 Å². The lowest BCUT2D eigenvalue weighted by Gasteiger charge is -2.35. The molecule has 2 N–H and O–H groups in total. The lowest BCUT2D eigenvalue weighted by molar-refractivity contribution is 0.184. The second-order valence-electron chi connectivity index (χ2n) is 5.32. The van der Waals surface area contributed by atoms with Crippen LogP contribution in [0.15, 0.2) is 18.2 Å². The van der Waals surface area contributed by atoms with E-state index in [1.807, 2.05) is 0 Å². The van der Waals surface area contributed by atoms with Crippen LogP contribution in [0.5, 0.6) is 5.75 Å². The number of ether oxygens (including phenoxy) is 1. The summed E-state index contributed by atoms with van der Waals surface area (Å²) in [6.07, 6.45) is 4.66. The molecule has 1 aromatic rings. The van der Waals surface area contributed by atoms with Gasteiger partial charge in [-0.1, -0.05) is 19.1 Å². The lowest BCUT2D eigenvalue weighted by atomic mass is 9.86. The van der Waals surface area contributed by atoms with E-state index in [1.165, 1.54) is 24.0 Å². The van der Waals surface area contributed by atoms with Crippen LogP contribution < -0.4 is 10.5 Å². The minimum Gasteiger partial charge on any atom is -0.496 e. The third-order valence-corrected chi connectivity index (χ3v) is 4.08. The average molecular weight is 262 g/mol. The molecule has 0 aliphatic heterocycles. The lowest BCUT2D eigenvalue weighted by Crippen LogP contribution is -2.42. The second-order valence-corrected chi connectivity index (χ2v) is 5.32. The van der Waals surface area contributed by atoms with E-state index in [-0.39, 0.29) is 0 Å². The highest BCUT2D eigenvalue weighted by molar-refractivity contribution is 5.42. The fourth-order valence-electron chi connectivity index (χ4n) is 3.19. The summed E-state index contributed by atoms with van der Waals surface area (Å²) in [5.41, 5.74) is 8.61. The predicted molar refractivity (Wildman–Crippen MR) is 79.7 cm³/mol. The first-order valence-electron chi connectivity index (χ1n) is 7.39. The van der Waals surface area contributed by atoms with Gasteiger partial charge in [0.05, 0.1) is 7.11 Å². The van der Waals surface area contributed by atoms with Gasteiger partial charge in [0.15, 0.2) is 0 Å². The van der Waals surface area contributed by atoms with Gasteiger partial charge in [0.2, 0.25) is 0 Å². The number of benzene rings is 1. The van der Waals surface area contributed by atoms with Crippen LogP contribution >= 0.6 is 0 Å². The summed E-state index contributed by atoms with van der Waals surface area (Å²) in [4.78, 5) is 2.56. The quantitative estimate of drug-likeness (QED) is 0.854. The Balaban J connectivity index is 2.12. The number of nitrogens with zero attached hydrogens (tertiary/aromatic N) is 1. The van der Waals surface area contributed by atoms with Crippen LogP contribution in [0.25, 0.3) is 0 Å². The van der Waals surface area contributed by atoms with Gasteiger partial charge in [-0.2, -0.15) is 0 Å². The first kappa shape index (κ1) is 14.4. The van der Waals surface area contributed by atoms with Gasteiger partial charge in [0.1, 0.15) is 5.75 Å². The zero-order valence-electron chi connectivity index (χ0n) is 12.2. The Morgan fingerprint density at radius 3 is 2.89 bits per heavy atom. The summed E-state index contributed by atoms with van der Waals surface area (Å²) < 4.78 is 5.47. The molecule has 106 valence electrons. The highest BCUT2D eigenvalue weighted by Crippen LogP contribution is 2.31. The van der Waals surface area contributed by atoms with Crippen LogP contribution in [0, 0.1) is 0 Å². The number of methoxy groups -OCH3 is 1. The summed E-state index contributed by atoms with van der Waals surface area (Å²) in [6.45, 7) is 5.16. The smallest absolute Gasteiger partial charge is 0.122 e. The number of hydrogen-bond donors (Lipinski definition) is 1. The first-order chi connectivity index (χ1) is 9.30. The van der Waals surface area contributed by atoms with Gasteiger partial charge < -0.3 is 10.5 Å². The van der Waals surface area contributed by atoms with Crippen molar-refractivity contribution in [3.63, 3.8) is 0 Å². The van der Waals surface area contributed by atoms with E-state index in [0.29, 0.717) is 6.04 Å². The Kier molecular flexibility index (Phi) is 5.23. The SMILES string of the molecule is CCCN(CCN)C1CCc2c(cccc2OC)C1. The molecule has 0 saturated heterocycles. The van der Waals surface area contributed by atoms with E-state index in [9.17, 15) is 0 Å². The van der Waals surface area contributed by atoms with Crippen LogP contribution in [-0.2, 0) is 12.8 Å². The van der Waals surface area contributed by atoms with Gasteiger partial charge in [-0.3, -0.25) is 4.90 Å². The third-order valence-electron chi connectivity index (χ3n) is 4.08. The van der Waals surface area contributed by atoms with Crippen molar-refractivity contribution in [3.8, 4) is 5.75 Å². The molecule has 1 aliphatic rings. The molecule has 1 aliphatic carbocycles. The van der Waals surface area contributed by atoms with Crippen LogP contribution in [0.3, 0.4) is 0 Å². The van der Waals surface area contributed by atoms with Crippen molar-refractivity contribution in [2.75, 3.05) is 26.7 Å². The van der Waals surface area contributed by atoms with Crippen molar-refractivity contribution >= 4 is 0 Å². The molecule has 0 amide bonds. The molecule has 0 aromatic heterocycles. The Labute approximate surface area is 116 Å². The van der Waals surface area contributed by atoms with Crippen molar-refractivity contribution in [2.45, 2.75) is 38.6 Å². The van der Waals surface area contributed by atoms with Crippen molar-refractivity contribution in [3.05, 3.63) is 29.3 Å². The minimum atomic E-state index is 0.642. The first-order valence-corrected chi connectivity index (χ1v) is 7.39. The molecule has 0 bridgehead atoms.